The Morgan fingerprint density at radius 2 is 1.70 bits per heavy atom. The first kappa shape index (κ1) is 15.1. The van der Waals surface area contributed by atoms with Crippen LogP contribution >= 0.6 is 15.9 Å². The lowest BCUT2D eigenvalue weighted by molar-refractivity contribution is 0.0986. The van der Waals surface area contributed by atoms with Gasteiger partial charge in [0.2, 0.25) is 0 Å². The van der Waals surface area contributed by atoms with Gasteiger partial charge >= 0.3 is 0 Å². The second-order valence-corrected chi connectivity index (χ2v) is 6.81. The second kappa shape index (κ2) is 6.95. The lowest BCUT2D eigenvalue weighted by Crippen LogP contribution is -2.25. The van der Waals surface area contributed by atoms with E-state index in [2.05, 4.69) is 15.9 Å². The summed E-state index contributed by atoms with van der Waals surface area (Å²) in [4.78, 5) is 13.2. The number of Topliss-reactive ketones (excluding diaryl/α,β-unsaturated/α-hetero) is 1. The fourth-order valence-electron chi connectivity index (χ4n) is 1.98. The van der Waals surface area contributed by atoms with Crippen LogP contribution in [0, 0.1) is 0 Å². The number of benzene rings is 2. The van der Waals surface area contributed by atoms with Crippen LogP contribution < -0.4 is 0 Å². The van der Waals surface area contributed by atoms with Gasteiger partial charge in [-0.3, -0.25) is 9.00 Å². The van der Waals surface area contributed by atoms with Crippen LogP contribution in [0.1, 0.15) is 23.7 Å². The summed E-state index contributed by atoms with van der Waals surface area (Å²) >= 11 is 3.40. The Balaban J connectivity index is 2.31. The molecule has 2 aromatic rings. The first-order chi connectivity index (χ1) is 9.65. The summed E-state index contributed by atoms with van der Waals surface area (Å²) in [6.45, 7) is 1.89. The second-order valence-electron chi connectivity index (χ2n) is 4.35. The summed E-state index contributed by atoms with van der Waals surface area (Å²) in [7, 11) is -1.36. The summed E-state index contributed by atoms with van der Waals surface area (Å²) in [6, 6.07) is 16.4. The third-order valence-electron chi connectivity index (χ3n) is 3.03. The summed E-state index contributed by atoms with van der Waals surface area (Å²) in [5, 5.41) is -0.517. The average Bonchev–Trinajstić information content (AvgIpc) is 2.49. The van der Waals surface area contributed by atoms with Crippen molar-refractivity contribution in [3.63, 3.8) is 0 Å². The van der Waals surface area contributed by atoms with Crippen molar-refractivity contribution >= 4 is 32.5 Å². The molecule has 0 amide bonds. The van der Waals surface area contributed by atoms with Gasteiger partial charge in [0, 0.05) is 10.0 Å². The smallest absolute Gasteiger partial charge is 0.178 e. The van der Waals surface area contributed by atoms with Crippen LogP contribution in [-0.2, 0) is 10.8 Å². The molecule has 2 rings (SSSR count). The fourth-order valence-corrected chi connectivity index (χ4v) is 4.16. The van der Waals surface area contributed by atoms with E-state index in [-0.39, 0.29) is 5.78 Å². The van der Waals surface area contributed by atoms with Crippen molar-refractivity contribution in [2.24, 2.45) is 0 Å². The molecule has 0 aromatic heterocycles. The molecule has 0 saturated carbocycles. The molecule has 4 heteroatoms. The highest BCUT2D eigenvalue weighted by molar-refractivity contribution is 9.10. The summed E-state index contributed by atoms with van der Waals surface area (Å²) < 4.78 is 13.4. The maximum atomic E-state index is 12.7. The molecule has 0 fully saturated rings. The maximum absolute atomic E-state index is 12.7. The van der Waals surface area contributed by atoms with E-state index < -0.39 is 16.0 Å². The van der Waals surface area contributed by atoms with Crippen LogP contribution in [0.3, 0.4) is 0 Å². The number of halogens is 1. The topological polar surface area (TPSA) is 34.1 Å². The van der Waals surface area contributed by atoms with E-state index in [1.54, 1.807) is 18.2 Å². The van der Waals surface area contributed by atoms with Crippen molar-refractivity contribution in [3.05, 3.63) is 64.6 Å². The molecule has 0 spiro atoms. The number of carbonyl (C=O) groups is 1. The lowest BCUT2D eigenvalue weighted by atomic mass is 10.1. The molecule has 0 bridgehead atoms. The number of hydrogen-bond donors (Lipinski definition) is 0. The minimum Gasteiger partial charge on any atom is -0.293 e. The summed E-state index contributed by atoms with van der Waals surface area (Å²) in [5.41, 5.74) is 0.611. The molecular formula is C16H15BrO2S. The molecule has 0 aliphatic heterocycles. The molecule has 0 N–H and O–H groups in total. The molecule has 20 heavy (non-hydrogen) atoms. The van der Waals surface area contributed by atoms with Crippen LogP contribution in [0.2, 0.25) is 0 Å². The van der Waals surface area contributed by atoms with Gasteiger partial charge in [-0.1, -0.05) is 49.4 Å². The number of rotatable bonds is 5. The molecular weight excluding hydrogens is 336 g/mol. The highest BCUT2D eigenvalue weighted by Crippen LogP contribution is 2.24. The zero-order valence-electron chi connectivity index (χ0n) is 11.1. The molecule has 0 radical (unpaired) electrons. The van der Waals surface area contributed by atoms with Crippen LogP contribution in [0.5, 0.6) is 0 Å². The van der Waals surface area contributed by atoms with Gasteiger partial charge in [-0.15, -0.1) is 0 Å². The zero-order chi connectivity index (χ0) is 14.5. The first-order valence-corrected chi connectivity index (χ1v) is 8.40. The molecule has 104 valence electrons. The summed E-state index contributed by atoms with van der Waals surface area (Å²) in [5.74, 6) is -0.0674. The van der Waals surface area contributed by atoms with Crippen LogP contribution in [0.4, 0.5) is 0 Å². The van der Waals surface area contributed by atoms with Gasteiger partial charge in [0.05, 0.1) is 15.7 Å². The molecule has 2 nitrogen and oxygen atoms in total. The lowest BCUT2D eigenvalue weighted by Gasteiger charge is -2.14. The molecule has 2 atom stereocenters. The molecule has 2 unspecified atom stereocenters. The van der Waals surface area contributed by atoms with E-state index in [0.29, 0.717) is 16.9 Å². The van der Waals surface area contributed by atoms with Gasteiger partial charge < -0.3 is 0 Å². The molecule has 0 aliphatic carbocycles. The third kappa shape index (κ3) is 3.25. The predicted octanol–water partition coefficient (Wildman–Crippen LogP) is 4.22. The van der Waals surface area contributed by atoms with E-state index in [1.165, 1.54) is 0 Å². The minimum absolute atomic E-state index is 0.0674. The molecule has 0 heterocycles. The zero-order valence-corrected chi connectivity index (χ0v) is 13.5. The van der Waals surface area contributed by atoms with Crippen LogP contribution in [0.15, 0.2) is 64.0 Å². The summed E-state index contributed by atoms with van der Waals surface area (Å²) in [6.07, 6.45) is 0.543. The number of ketones is 1. The van der Waals surface area contributed by atoms with Crippen LogP contribution in [0.25, 0.3) is 0 Å². The number of carbonyl (C=O) groups excluding carboxylic acids is 1. The third-order valence-corrected chi connectivity index (χ3v) is 5.84. The van der Waals surface area contributed by atoms with Crippen molar-refractivity contribution in [1.82, 2.24) is 0 Å². The predicted molar refractivity (Wildman–Crippen MR) is 85.4 cm³/mol. The van der Waals surface area contributed by atoms with Gasteiger partial charge in [0.1, 0.15) is 5.25 Å². The van der Waals surface area contributed by atoms with Crippen molar-refractivity contribution in [2.45, 2.75) is 23.5 Å². The van der Waals surface area contributed by atoms with E-state index in [1.807, 2.05) is 43.3 Å². The normalized spacial score (nSPS) is 13.7. The van der Waals surface area contributed by atoms with Crippen molar-refractivity contribution in [2.75, 3.05) is 0 Å². The van der Waals surface area contributed by atoms with Gasteiger partial charge in [-0.05, 0) is 34.5 Å². The van der Waals surface area contributed by atoms with Gasteiger partial charge in [-0.2, -0.15) is 0 Å². The van der Waals surface area contributed by atoms with Gasteiger partial charge in [0.15, 0.2) is 5.78 Å². The highest BCUT2D eigenvalue weighted by atomic mass is 79.9. The molecule has 2 aromatic carbocycles. The maximum Gasteiger partial charge on any atom is 0.178 e. The number of hydrogen-bond acceptors (Lipinski definition) is 2. The van der Waals surface area contributed by atoms with Gasteiger partial charge in [0.25, 0.3) is 0 Å². The standard InChI is InChI=1S/C16H15BrO2S/c1-2-14(16(18)12-8-4-3-5-9-12)20(19)15-11-7-6-10-13(15)17/h3-11,14H,2H2,1H3. The Morgan fingerprint density at radius 1 is 1.10 bits per heavy atom. The van der Waals surface area contributed by atoms with E-state index >= 15 is 0 Å². The van der Waals surface area contributed by atoms with Crippen molar-refractivity contribution < 1.29 is 9.00 Å². The Labute approximate surface area is 129 Å². The minimum atomic E-state index is -1.36. The average molecular weight is 351 g/mol. The Morgan fingerprint density at radius 3 is 2.30 bits per heavy atom. The Kier molecular flexibility index (Phi) is 5.26. The molecule has 0 saturated heterocycles. The SMILES string of the molecule is CCC(C(=O)c1ccccc1)S(=O)c1ccccc1Br. The van der Waals surface area contributed by atoms with Crippen molar-refractivity contribution in [1.29, 1.82) is 0 Å². The fraction of sp³-hybridized carbons (Fsp3) is 0.188. The Bertz CT molecular complexity index is 625. The van der Waals surface area contributed by atoms with Gasteiger partial charge in [-0.25, -0.2) is 0 Å². The Hall–Kier alpha value is -1.26. The molecule has 0 aliphatic rings. The highest BCUT2D eigenvalue weighted by Gasteiger charge is 2.26. The van der Waals surface area contributed by atoms with Crippen molar-refractivity contribution in [3.8, 4) is 0 Å². The monoisotopic (exact) mass is 350 g/mol. The first-order valence-electron chi connectivity index (χ1n) is 6.39. The van der Waals surface area contributed by atoms with E-state index in [9.17, 15) is 9.00 Å². The van der Waals surface area contributed by atoms with Crippen LogP contribution in [-0.4, -0.2) is 15.2 Å². The largest absolute Gasteiger partial charge is 0.293 e. The van der Waals surface area contributed by atoms with E-state index in [4.69, 9.17) is 0 Å². The quantitative estimate of drug-likeness (QED) is 0.756. The van der Waals surface area contributed by atoms with E-state index in [0.717, 1.165) is 4.47 Å².